The molecule has 0 saturated carbocycles. The Morgan fingerprint density at radius 2 is 1.77 bits per heavy atom. The van der Waals surface area contributed by atoms with E-state index in [4.69, 9.17) is 0 Å². The number of carbonyl (C=O) groups is 2. The molecule has 8 heteroatoms. The van der Waals surface area contributed by atoms with Gasteiger partial charge in [0.2, 0.25) is 11.8 Å². The van der Waals surface area contributed by atoms with Gasteiger partial charge in [0.05, 0.1) is 34.3 Å². The molecular formula is C27H40N4O3S. The second kappa shape index (κ2) is 10.4. The third-order valence-electron chi connectivity index (χ3n) is 6.33. The van der Waals surface area contributed by atoms with E-state index in [0.717, 1.165) is 21.7 Å². The van der Waals surface area contributed by atoms with E-state index < -0.39 is 18.2 Å². The minimum absolute atomic E-state index is 0.152. The van der Waals surface area contributed by atoms with E-state index in [1.165, 1.54) is 0 Å². The van der Waals surface area contributed by atoms with Crippen LogP contribution in [0, 0.1) is 12.3 Å². The predicted octanol–water partition coefficient (Wildman–Crippen LogP) is 4.06. The molecule has 0 radical (unpaired) electrons. The summed E-state index contributed by atoms with van der Waals surface area (Å²) in [6.07, 6.45) is -0.484. The summed E-state index contributed by atoms with van der Waals surface area (Å²) in [4.78, 5) is 33.9. The van der Waals surface area contributed by atoms with Crippen LogP contribution in [-0.2, 0) is 9.59 Å². The lowest BCUT2D eigenvalue weighted by atomic mass is 9.84. The molecule has 3 N–H and O–H groups in total. The number of β-amino-alcohol motifs (C(OH)–C–C–N with tert-alkyl or cyclic N) is 1. The average molecular weight is 501 g/mol. The number of hydrogen-bond donors (Lipinski definition) is 3. The number of hydrogen-bond acceptors (Lipinski definition) is 6. The molecular weight excluding hydrogens is 460 g/mol. The van der Waals surface area contributed by atoms with Gasteiger partial charge in [0.1, 0.15) is 6.04 Å². The Morgan fingerprint density at radius 3 is 2.29 bits per heavy atom. The maximum Gasteiger partial charge on any atom is 0.243 e. The highest BCUT2D eigenvalue weighted by molar-refractivity contribution is 7.13. The number of aromatic nitrogens is 1. The summed E-state index contributed by atoms with van der Waals surface area (Å²) >= 11 is 1.61. The number of likely N-dealkylation sites (tertiary alicyclic amines) is 1. The Kier molecular flexibility index (Phi) is 8.09. The largest absolute Gasteiger partial charge is 0.391 e. The van der Waals surface area contributed by atoms with Crippen LogP contribution in [0.25, 0.3) is 10.4 Å². The highest BCUT2D eigenvalue weighted by Crippen LogP contribution is 2.30. The van der Waals surface area contributed by atoms with Gasteiger partial charge in [0.25, 0.3) is 0 Å². The standard InChI is InChI=1S/C27H40N4O3S/c1-16(18-9-11-19(12-10-18)22-17(2)28-15-35-22)29-24(33)21-13-20(32)14-31(21)25(34)23(26(3,4)5)30-27(6,7)8/h9-12,15-16,20-21,23,30,32H,13-14H2,1-8H3,(H,29,33)/t16?,20-,21+,23-/m0/s1. The van der Waals surface area contributed by atoms with Crippen LogP contribution in [-0.4, -0.2) is 57.1 Å². The Balaban J connectivity index is 1.73. The molecule has 35 heavy (non-hydrogen) atoms. The highest BCUT2D eigenvalue weighted by Gasteiger charge is 2.44. The summed E-state index contributed by atoms with van der Waals surface area (Å²) in [5, 5.41) is 16.9. The van der Waals surface area contributed by atoms with Gasteiger partial charge >= 0.3 is 0 Å². The molecule has 1 aliphatic rings. The fourth-order valence-corrected chi connectivity index (χ4v) is 5.26. The maximum absolute atomic E-state index is 13.6. The molecule has 1 aromatic heterocycles. The van der Waals surface area contributed by atoms with Crippen molar-refractivity contribution in [3.05, 3.63) is 41.0 Å². The van der Waals surface area contributed by atoms with Gasteiger partial charge < -0.3 is 20.6 Å². The summed E-state index contributed by atoms with van der Waals surface area (Å²) in [5.74, 6) is -0.394. The van der Waals surface area contributed by atoms with Crippen molar-refractivity contribution in [2.45, 2.75) is 91.6 Å². The van der Waals surface area contributed by atoms with Gasteiger partial charge in [-0.15, -0.1) is 11.3 Å². The zero-order valence-electron chi connectivity index (χ0n) is 22.2. The molecule has 0 aliphatic carbocycles. The van der Waals surface area contributed by atoms with Crippen LogP contribution in [0.15, 0.2) is 29.8 Å². The molecule has 2 amide bonds. The first-order valence-electron chi connectivity index (χ1n) is 12.2. The van der Waals surface area contributed by atoms with Crippen LogP contribution in [0.3, 0.4) is 0 Å². The van der Waals surface area contributed by atoms with Crippen molar-refractivity contribution in [3.63, 3.8) is 0 Å². The van der Waals surface area contributed by atoms with Crippen molar-refractivity contribution in [1.82, 2.24) is 20.5 Å². The molecule has 3 rings (SSSR count). The Bertz CT molecular complexity index is 1040. The van der Waals surface area contributed by atoms with Crippen molar-refractivity contribution in [3.8, 4) is 10.4 Å². The lowest BCUT2D eigenvalue weighted by molar-refractivity contribution is -0.143. The maximum atomic E-state index is 13.6. The molecule has 7 nitrogen and oxygen atoms in total. The van der Waals surface area contributed by atoms with E-state index in [1.54, 1.807) is 16.2 Å². The number of rotatable bonds is 6. The second-order valence-electron chi connectivity index (χ2n) is 11.7. The third kappa shape index (κ3) is 6.68. The highest BCUT2D eigenvalue weighted by atomic mass is 32.1. The molecule has 1 saturated heterocycles. The average Bonchev–Trinajstić information content (AvgIpc) is 3.35. The van der Waals surface area contributed by atoms with Gasteiger partial charge in [-0.25, -0.2) is 4.98 Å². The van der Waals surface area contributed by atoms with Crippen molar-refractivity contribution >= 4 is 23.2 Å². The second-order valence-corrected chi connectivity index (χ2v) is 12.6. The van der Waals surface area contributed by atoms with E-state index in [0.29, 0.717) is 0 Å². The monoisotopic (exact) mass is 500 g/mol. The molecule has 2 heterocycles. The molecule has 0 bridgehead atoms. The van der Waals surface area contributed by atoms with Crippen LogP contribution in [0.1, 0.15) is 72.2 Å². The molecule has 1 aromatic carbocycles. The predicted molar refractivity (Wildman–Crippen MR) is 141 cm³/mol. The van der Waals surface area contributed by atoms with Crippen LogP contribution in [0.4, 0.5) is 0 Å². The smallest absolute Gasteiger partial charge is 0.243 e. The van der Waals surface area contributed by atoms with E-state index in [9.17, 15) is 14.7 Å². The number of aliphatic hydroxyl groups excluding tert-OH is 1. The molecule has 1 aliphatic heterocycles. The van der Waals surface area contributed by atoms with Crippen LogP contribution in [0.2, 0.25) is 0 Å². The first-order chi connectivity index (χ1) is 16.2. The Labute approximate surface area is 213 Å². The Hall–Kier alpha value is -2.29. The van der Waals surface area contributed by atoms with Crippen molar-refractivity contribution < 1.29 is 14.7 Å². The fraction of sp³-hybridized carbons (Fsp3) is 0.593. The van der Waals surface area contributed by atoms with Crippen molar-refractivity contribution in [2.75, 3.05) is 6.54 Å². The summed E-state index contributed by atoms with van der Waals surface area (Å²) in [6, 6.07) is 6.68. The van der Waals surface area contributed by atoms with Gasteiger partial charge in [-0.2, -0.15) is 0 Å². The van der Waals surface area contributed by atoms with Gasteiger partial charge in [-0.1, -0.05) is 45.0 Å². The first-order valence-corrected chi connectivity index (χ1v) is 13.1. The summed E-state index contributed by atoms with van der Waals surface area (Å²) in [7, 11) is 0. The SMILES string of the molecule is Cc1ncsc1-c1ccc(C(C)NC(=O)[C@H]2C[C@H](O)CN2C(=O)[C@H](NC(C)(C)C)C(C)(C)C)cc1. The zero-order chi connectivity index (χ0) is 26.1. The topological polar surface area (TPSA) is 94.6 Å². The summed E-state index contributed by atoms with van der Waals surface area (Å²) in [6.45, 7) is 16.2. The summed E-state index contributed by atoms with van der Waals surface area (Å²) in [5.41, 5.74) is 4.28. The zero-order valence-corrected chi connectivity index (χ0v) is 23.0. The Morgan fingerprint density at radius 1 is 1.14 bits per heavy atom. The van der Waals surface area contributed by atoms with Gasteiger partial charge in [-0.05, 0) is 51.2 Å². The minimum Gasteiger partial charge on any atom is -0.391 e. The fourth-order valence-electron chi connectivity index (χ4n) is 4.45. The molecule has 4 atom stereocenters. The van der Waals surface area contributed by atoms with Gasteiger partial charge in [0.15, 0.2) is 0 Å². The molecule has 0 spiro atoms. The lowest BCUT2D eigenvalue weighted by Gasteiger charge is -2.39. The number of benzene rings is 1. The number of nitrogens with zero attached hydrogens (tertiary/aromatic N) is 2. The number of aryl methyl sites for hydroxylation is 1. The number of carbonyl (C=O) groups excluding carboxylic acids is 2. The van der Waals surface area contributed by atoms with E-state index in [1.807, 2.05) is 85.2 Å². The quantitative estimate of drug-likeness (QED) is 0.556. The lowest BCUT2D eigenvalue weighted by Crippen LogP contribution is -2.60. The molecule has 1 fully saturated rings. The minimum atomic E-state index is -0.720. The van der Waals surface area contributed by atoms with E-state index in [2.05, 4.69) is 15.6 Å². The van der Waals surface area contributed by atoms with Crippen molar-refractivity contribution in [2.24, 2.45) is 5.41 Å². The number of amides is 2. The van der Waals surface area contributed by atoms with Crippen LogP contribution < -0.4 is 10.6 Å². The van der Waals surface area contributed by atoms with Crippen molar-refractivity contribution in [1.29, 1.82) is 0 Å². The van der Waals surface area contributed by atoms with Gasteiger partial charge in [-0.3, -0.25) is 9.59 Å². The molecule has 1 unspecified atom stereocenters. The third-order valence-corrected chi connectivity index (χ3v) is 7.31. The number of nitrogens with one attached hydrogen (secondary N) is 2. The normalized spacial score (nSPS) is 20.5. The first kappa shape index (κ1) is 27.3. The van der Waals surface area contributed by atoms with Gasteiger partial charge in [0, 0.05) is 18.5 Å². The number of thiazole rings is 1. The molecule has 192 valence electrons. The van der Waals surface area contributed by atoms with Crippen LogP contribution in [0.5, 0.6) is 0 Å². The number of aliphatic hydroxyl groups is 1. The van der Waals surface area contributed by atoms with E-state index in [-0.39, 0.29) is 41.8 Å². The molecule has 2 aromatic rings. The van der Waals surface area contributed by atoms with E-state index >= 15 is 0 Å². The van der Waals surface area contributed by atoms with Crippen LogP contribution >= 0.6 is 11.3 Å². The summed E-state index contributed by atoms with van der Waals surface area (Å²) < 4.78 is 0.